The molecule has 2 rings (SSSR count). The van der Waals surface area contributed by atoms with Crippen molar-refractivity contribution < 1.29 is 4.79 Å². The first-order chi connectivity index (χ1) is 8.56. The van der Waals surface area contributed by atoms with Gasteiger partial charge in [-0.3, -0.25) is 4.79 Å². The summed E-state index contributed by atoms with van der Waals surface area (Å²) in [6, 6.07) is 6.09. The molecule has 0 radical (unpaired) electrons. The molecule has 3 N–H and O–H groups in total. The molecule has 1 aliphatic rings. The number of carbonyl (C=O) groups excluding carboxylic acids is 1. The van der Waals surface area contributed by atoms with Crippen LogP contribution in [0.15, 0.2) is 22.7 Å². The van der Waals surface area contributed by atoms with Crippen molar-refractivity contribution in [2.45, 2.75) is 38.6 Å². The van der Waals surface area contributed by atoms with Gasteiger partial charge < -0.3 is 11.1 Å². The second-order valence-corrected chi connectivity index (χ2v) is 5.99. The maximum absolute atomic E-state index is 12.2. The van der Waals surface area contributed by atoms with Crippen molar-refractivity contribution in [1.29, 1.82) is 0 Å². The molecular formula is C14H19BrN2O. The van der Waals surface area contributed by atoms with Gasteiger partial charge in [0.15, 0.2) is 0 Å². The number of nitrogens with two attached hydrogens (primary N) is 1. The van der Waals surface area contributed by atoms with Gasteiger partial charge in [0.1, 0.15) is 0 Å². The Bertz CT molecular complexity index is 447. The maximum atomic E-state index is 12.2. The molecule has 1 aromatic carbocycles. The zero-order chi connectivity index (χ0) is 13.1. The number of hydrogen-bond donors (Lipinski definition) is 2. The second-order valence-electron chi connectivity index (χ2n) is 5.07. The van der Waals surface area contributed by atoms with Crippen LogP contribution in [-0.2, 0) is 4.79 Å². The highest BCUT2D eigenvalue weighted by Crippen LogP contribution is 2.26. The van der Waals surface area contributed by atoms with Crippen molar-refractivity contribution >= 4 is 27.5 Å². The average Bonchev–Trinajstić information content (AvgIpc) is 2.34. The number of hydrogen-bond acceptors (Lipinski definition) is 2. The fraction of sp³-hybridized carbons (Fsp3) is 0.500. The lowest BCUT2D eigenvalue weighted by atomic mass is 9.85. The smallest absolute Gasteiger partial charge is 0.227 e. The minimum atomic E-state index is 0.0622. The SMILES string of the molecule is Cc1ccc(Br)cc1NC(=O)C1CCCC(N)C1. The molecule has 1 fully saturated rings. The van der Waals surface area contributed by atoms with Gasteiger partial charge in [-0.2, -0.15) is 0 Å². The third-order valence-electron chi connectivity index (χ3n) is 3.54. The van der Waals surface area contributed by atoms with E-state index in [1.165, 1.54) is 0 Å². The van der Waals surface area contributed by atoms with E-state index in [0.717, 1.165) is 41.4 Å². The van der Waals surface area contributed by atoms with Gasteiger partial charge in [0, 0.05) is 22.1 Å². The first-order valence-corrected chi connectivity index (χ1v) is 7.18. The van der Waals surface area contributed by atoms with Crippen LogP contribution in [0.1, 0.15) is 31.2 Å². The van der Waals surface area contributed by atoms with Crippen molar-refractivity contribution in [1.82, 2.24) is 0 Å². The Hall–Kier alpha value is -0.870. The Kier molecular flexibility index (Phi) is 4.40. The Labute approximate surface area is 116 Å². The molecule has 0 bridgehead atoms. The van der Waals surface area contributed by atoms with E-state index in [9.17, 15) is 4.79 Å². The first-order valence-electron chi connectivity index (χ1n) is 6.39. The van der Waals surface area contributed by atoms with E-state index in [1.54, 1.807) is 0 Å². The number of nitrogens with one attached hydrogen (secondary N) is 1. The zero-order valence-corrected chi connectivity index (χ0v) is 12.2. The highest BCUT2D eigenvalue weighted by molar-refractivity contribution is 9.10. The maximum Gasteiger partial charge on any atom is 0.227 e. The van der Waals surface area contributed by atoms with Crippen molar-refractivity contribution in [2.75, 3.05) is 5.32 Å². The molecule has 3 nitrogen and oxygen atoms in total. The van der Waals surface area contributed by atoms with Gasteiger partial charge in [0.25, 0.3) is 0 Å². The van der Waals surface area contributed by atoms with Crippen LogP contribution in [0, 0.1) is 12.8 Å². The van der Waals surface area contributed by atoms with Crippen LogP contribution in [0.25, 0.3) is 0 Å². The van der Waals surface area contributed by atoms with Gasteiger partial charge in [-0.15, -0.1) is 0 Å². The minimum Gasteiger partial charge on any atom is -0.328 e. The molecule has 2 unspecified atom stereocenters. The fourth-order valence-corrected chi connectivity index (χ4v) is 2.79. The number of aryl methyl sites for hydroxylation is 1. The van der Waals surface area contributed by atoms with Gasteiger partial charge in [-0.1, -0.05) is 28.4 Å². The van der Waals surface area contributed by atoms with Crippen molar-refractivity contribution in [3.8, 4) is 0 Å². The monoisotopic (exact) mass is 310 g/mol. The number of amides is 1. The number of benzene rings is 1. The molecule has 0 saturated heterocycles. The highest BCUT2D eigenvalue weighted by Gasteiger charge is 2.25. The Morgan fingerprint density at radius 3 is 2.94 bits per heavy atom. The number of carbonyl (C=O) groups is 1. The molecule has 18 heavy (non-hydrogen) atoms. The molecular weight excluding hydrogens is 292 g/mol. The summed E-state index contributed by atoms with van der Waals surface area (Å²) in [5.74, 6) is 0.165. The molecule has 0 heterocycles. The molecule has 0 aromatic heterocycles. The van der Waals surface area contributed by atoms with Gasteiger partial charge in [-0.25, -0.2) is 0 Å². The standard InChI is InChI=1S/C14H19BrN2O/c1-9-5-6-11(15)8-13(9)17-14(18)10-3-2-4-12(16)7-10/h5-6,8,10,12H,2-4,7,16H2,1H3,(H,17,18). The Morgan fingerprint density at radius 1 is 1.44 bits per heavy atom. The van der Waals surface area contributed by atoms with E-state index in [0.29, 0.717) is 0 Å². The second kappa shape index (κ2) is 5.85. The molecule has 0 aliphatic heterocycles. The van der Waals surface area contributed by atoms with E-state index in [2.05, 4.69) is 21.2 Å². The van der Waals surface area contributed by atoms with Crippen molar-refractivity contribution in [2.24, 2.45) is 11.7 Å². The van der Waals surface area contributed by atoms with Crippen LogP contribution < -0.4 is 11.1 Å². The van der Waals surface area contributed by atoms with Crippen molar-refractivity contribution in [3.63, 3.8) is 0 Å². The largest absolute Gasteiger partial charge is 0.328 e. The molecule has 4 heteroatoms. The summed E-state index contributed by atoms with van der Waals surface area (Å²) in [7, 11) is 0. The lowest BCUT2D eigenvalue weighted by molar-refractivity contribution is -0.120. The fourth-order valence-electron chi connectivity index (χ4n) is 2.43. The Balaban J connectivity index is 2.04. The number of rotatable bonds is 2. The van der Waals surface area contributed by atoms with Crippen molar-refractivity contribution in [3.05, 3.63) is 28.2 Å². The van der Waals surface area contributed by atoms with Gasteiger partial charge >= 0.3 is 0 Å². The van der Waals surface area contributed by atoms with Gasteiger partial charge in [0.05, 0.1) is 0 Å². The quantitative estimate of drug-likeness (QED) is 0.881. The predicted molar refractivity (Wildman–Crippen MR) is 77.4 cm³/mol. The predicted octanol–water partition coefficient (Wildman–Crippen LogP) is 3.21. The highest BCUT2D eigenvalue weighted by atomic mass is 79.9. The summed E-state index contributed by atoms with van der Waals surface area (Å²) < 4.78 is 0.976. The van der Waals surface area contributed by atoms with E-state index < -0.39 is 0 Å². The summed E-state index contributed by atoms with van der Waals surface area (Å²) in [5.41, 5.74) is 7.88. The van der Waals surface area contributed by atoms with E-state index in [-0.39, 0.29) is 17.9 Å². The van der Waals surface area contributed by atoms with E-state index in [1.807, 2.05) is 25.1 Å². The summed E-state index contributed by atoms with van der Waals surface area (Å²) in [6.07, 6.45) is 3.85. The summed E-state index contributed by atoms with van der Waals surface area (Å²) >= 11 is 3.42. The molecule has 1 saturated carbocycles. The van der Waals surface area contributed by atoms with E-state index >= 15 is 0 Å². The van der Waals surface area contributed by atoms with E-state index in [4.69, 9.17) is 5.73 Å². The first kappa shape index (κ1) is 13.6. The summed E-state index contributed by atoms with van der Waals surface area (Å²) in [5, 5.41) is 3.02. The van der Waals surface area contributed by atoms with Crippen LogP contribution in [0.2, 0.25) is 0 Å². The van der Waals surface area contributed by atoms with Crippen LogP contribution >= 0.6 is 15.9 Å². The van der Waals surface area contributed by atoms with Crippen LogP contribution in [0.4, 0.5) is 5.69 Å². The lowest BCUT2D eigenvalue weighted by Gasteiger charge is -2.25. The number of anilines is 1. The lowest BCUT2D eigenvalue weighted by Crippen LogP contribution is -2.34. The van der Waals surface area contributed by atoms with Gasteiger partial charge in [-0.05, 0) is 43.9 Å². The molecule has 2 atom stereocenters. The van der Waals surface area contributed by atoms with Crippen LogP contribution in [0.3, 0.4) is 0 Å². The Morgan fingerprint density at radius 2 is 2.22 bits per heavy atom. The third-order valence-corrected chi connectivity index (χ3v) is 4.04. The molecule has 1 aliphatic carbocycles. The van der Waals surface area contributed by atoms with Gasteiger partial charge in [0.2, 0.25) is 5.91 Å². The van der Waals surface area contributed by atoms with Crippen LogP contribution in [0.5, 0.6) is 0 Å². The minimum absolute atomic E-state index is 0.0622. The molecule has 0 spiro atoms. The molecule has 1 amide bonds. The molecule has 1 aromatic rings. The average molecular weight is 311 g/mol. The zero-order valence-electron chi connectivity index (χ0n) is 10.6. The van der Waals surface area contributed by atoms with Crippen LogP contribution in [-0.4, -0.2) is 11.9 Å². The number of halogens is 1. The summed E-state index contributed by atoms with van der Waals surface area (Å²) in [4.78, 5) is 12.2. The third kappa shape index (κ3) is 3.33. The summed E-state index contributed by atoms with van der Waals surface area (Å²) in [6.45, 7) is 1.99. The topological polar surface area (TPSA) is 55.1 Å². The molecule has 98 valence electrons. The normalized spacial score (nSPS) is 23.7.